The van der Waals surface area contributed by atoms with E-state index in [1.165, 1.54) is 0 Å². The average Bonchev–Trinajstić information content (AvgIpc) is 2.14. The molecule has 0 aliphatic carbocycles. The van der Waals surface area contributed by atoms with Crippen molar-refractivity contribution in [2.45, 2.75) is 51.3 Å². The van der Waals surface area contributed by atoms with Crippen LogP contribution in [0, 0.1) is 0 Å². The van der Waals surface area contributed by atoms with Crippen molar-refractivity contribution in [1.82, 2.24) is 5.32 Å². The number of thioether (sulfide) groups is 1. The lowest BCUT2D eigenvalue weighted by molar-refractivity contribution is -0.124. The zero-order valence-corrected chi connectivity index (χ0v) is 11.1. The maximum absolute atomic E-state index is 11.4. The number of carbonyl (C=O) groups is 1. The predicted molar refractivity (Wildman–Crippen MR) is 68.1 cm³/mol. The van der Waals surface area contributed by atoms with Gasteiger partial charge >= 0.3 is 0 Å². The number of hydrogen-bond donors (Lipinski definition) is 2. The number of amides is 1. The summed E-state index contributed by atoms with van der Waals surface area (Å²) in [4.78, 5) is 11.4. The van der Waals surface area contributed by atoms with Crippen molar-refractivity contribution in [3.8, 4) is 0 Å². The molecule has 4 heteroatoms. The fourth-order valence-corrected chi connectivity index (χ4v) is 2.60. The fourth-order valence-electron chi connectivity index (χ4n) is 1.58. The van der Waals surface area contributed by atoms with E-state index in [1.807, 2.05) is 18.7 Å². The van der Waals surface area contributed by atoms with Gasteiger partial charge in [-0.25, -0.2) is 0 Å². The lowest BCUT2D eigenvalue weighted by atomic mass is 9.95. The van der Waals surface area contributed by atoms with Gasteiger partial charge in [-0.15, -0.1) is 0 Å². The largest absolute Gasteiger partial charge is 0.368 e. The summed E-state index contributed by atoms with van der Waals surface area (Å²) >= 11 is 1.86. The van der Waals surface area contributed by atoms with Crippen LogP contribution in [0.25, 0.3) is 0 Å². The molecule has 0 aliphatic rings. The Balaban J connectivity index is 4.30. The zero-order chi connectivity index (χ0) is 11.9. The van der Waals surface area contributed by atoms with E-state index >= 15 is 0 Å². The van der Waals surface area contributed by atoms with E-state index in [1.54, 1.807) is 0 Å². The first-order valence-electron chi connectivity index (χ1n) is 5.62. The van der Waals surface area contributed by atoms with Crippen molar-refractivity contribution in [2.75, 3.05) is 12.3 Å². The number of hydrogen-bond acceptors (Lipinski definition) is 3. The van der Waals surface area contributed by atoms with E-state index in [9.17, 15) is 4.79 Å². The third kappa shape index (κ3) is 5.42. The maximum Gasteiger partial charge on any atom is 0.237 e. The van der Waals surface area contributed by atoms with E-state index in [0.717, 1.165) is 25.1 Å². The van der Waals surface area contributed by atoms with Crippen molar-refractivity contribution >= 4 is 17.7 Å². The van der Waals surface area contributed by atoms with E-state index in [4.69, 9.17) is 5.73 Å². The lowest BCUT2D eigenvalue weighted by Crippen LogP contribution is -2.54. The summed E-state index contributed by atoms with van der Waals surface area (Å²) in [6.07, 6.45) is 1.80. The SMILES string of the molecule is CCCNC(C)(CC(C)SCC)C(N)=O. The highest BCUT2D eigenvalue weighted by Gasteiger charge is 2.31. The topological polar surface area (TPSA) is 55.1 Å². The molecule has 0 radical (unpaired) electrons. The van der Waals surface area contributed by atoms with Gasteiger partial charge in [0, 0.05) is 5.25 Å². The first kappa shape index (κ1) is 14.8. The first-order chi connectivity index (χ1) is 6.96. The second-order valence-electron chi connectivity index (χ2n) is 4.09. The van der Waals surface area contributed by atoms with Crippen molar-refractivity contribution in [3.63, 3.8) is 0 Å². The predicted octanol–water partition coefficient (Wildman–Crippen LogP) is 1.76. The summed E-state index contributed by atoms with van der Waals surface area (Å²) in [6.45, 7) is 9.09. The molecular formula is C11H24N2OS. The monoisotopic (exact) mass is 232 g/mol. The molecule has 0 rings (SSSR count). The Hall–Kier alpha value is -0.220. The van der Waals surface area contributed by atoms with Gasteiger partial charge in [-0.3, -0.25) is 4.79 Å². The van der Waals surface area contributed by atoms with Gasteiger partial charge in [0.2, 0.25) is 5.91 Å². The summed E-state index contributed by atoms with van der Waals surface area (Å²) in [5.74, 6) is 0.823. The van der Waals surface area contributed by atoms with E-state index in [2.05, 4.69) is 26.1 Å². The molecule has 0 aromatic carbocycles. The normalized spacial score (nSPS) is 17.1. The summed E-state index contributed by atoms with van der Waals surface area (Å²) in [5.41, 5.74) is 4.89. The Morgan fingerprint density at radius 1 is 1.53 bits per heavy atom. The average molecular weight is 232 g/mol. The van der Waals surface area contributed by atoms with Crippen molar-refractivity contribution in [2.24, 2.45) is 5.73 Å². The molecule has 0 heterocycles. The van der Waals surface area contributed by atoms with Gasteiger partial charge in [0.25, 0.3) is 0 Å². The fraction of sp³-hybridized carbons (Fsp3) is 0.909. The Bertz CT molecular complexity index is 199. The summed E-state index contributed by atoms with van der Waals surface area (Å²) in [6, 6.07) is 0. The van der Waals surface area contributed by atoms with Gasteiger partial charge in [-0.2, -0.15) is 11.8 Å². The van der Waals surface area contributed by atoms with Gasteiger partial charge in [0.05, 0.1) is 5.54 Å². The van der Waals surface area contributed by atoms with Crippen LogP contribution in [0.5, 0.6) is 0 Å². The van der Waals surface area contributed by atoms with Crippen LogP contribution in [-0.2, 0) is 4.79 Å². The molecule has 3 N–H and O–H groups in total. The minimum Gasteiger partial charge on any atom is -0.368 e. The van der Waals surface area contributed by atoms with Crippen molar-refractivity contribution < 1.29 is 4.79 Å². The molecule has 0 saturated carbocycles. The molecule has 1 amide bonds. The summed E-state index contributed by atoms with van der Waals surface area (Å²) < 4.78 is 0. The quantitative estimate of drug-likeness (QED) is 0.670. The molecule has 0 fully saturated rings. The van der Waals surface area contributed by atoms with Crippen LogP contribution in [0.1, 0.15) is 40.5 Å². The van der Waals surface area contributed by atoms with Gasteiger partial charge in [0.1, 0.15) is 0 Å². The molecule has 2 unspecified atom stereocenters. The number of nitrogens with two attached hydrogens (primary N) is 1. The van der Waals surface area contributed by atoms with E-state index in [0.29, 0.717) is 5.25 Å². The Kier molecular flexibility index (Phi) is 7.02. The van der Waals surface area contributed by atoms with Crippen molar-refractivity contribution in [1.29, 1.82) is 0 Å². The molecule has 90 valence electrons. The molecule has 3 nitrogen and oxygen atoms in total. The molecule has 0 saturated heterocycles. The standard InChI is InChI=1S/C11H24N2OS/c1-5-7-13-11(4,10(12)14)8-9(3)15-6-2/h9,13H,5-8H2,1-4H3,(H2,12,14). The van der Waals surface area contributed by atoms with Gasteiger partial charge in [-0.05, 0) is 32.1 Å². The highest BCUT2D eigenvalue weighted by Crippen LogP contribution is 2.21. The number of nitrogens with one attached hydrogen (secondary N) is 1. The van der Waals surface area contributed by atoms with E-state index < -0.39 is 5.54 Å². The smallest absolute Gasteiger partial charge is 0.237 e. The molecular weight excluding hydrogens is 208 g/mol. The number of primary amides is 1. The van der Waals surface area contributed by atoms with Crippen LogP contribution in [0.4, 0.5) is 0 Å². The van der Waals surface area contributed by atoms with Crippen LogP contribution >= 0.6 is 11.8 Å². The molecule has 2 atom stereocenters. The highest BCUT2D eigenvalue weighted by molar-refractivity contribution is 7.99. The van der Waals surface area contributed by atoms with Crippen LogP contribution in [0.2, 0.25) is 0 Å². The highest BCUT2D eigenvalue weighted by atomic mass is 32.2. The van der Waals surface area contributed by atoms with Crippen molar-refractivity contribution in [3.05, 3.63) is 0 Å². The van der Waals surface area contributed by atoms with Crippen LogP contribution in [0.15, 0.2) is 0 Å². The lowest BCUT2D eigenvalue weighted by Gasteiger charge is -2.30. The second kappa shape index (κ2) is 7.12. The molecule has 0 spiro atoms. The molecule has 0 aliphatic heterocycles. The first-order valence-corrected chi connectivity index (χ1v) is 6.67. The number of rotatable bonds is 8. The van der Waals surface area contributed by atoms with E-state index in [-0.39, 0.29) is 5.91 Å². The molecule has 15 heavy (non-hydrogen) atoms. The number of carbonyl (C=O) groups excluding carboxylic acids is 1. The zero-order valence-electron chi connectivity index (χ0n) is 10.3. The summed E-state index contributed by atoms with van der Waals surface area (Å²) in [7, 11) is 0. The minimum absolute atomic E-state index is 0.250. The van der Waals surface area contributed by atoms with Crippen LogP contribution in [0.3, 0.4) is 0 Å². The molecule has 0 bridgehead atoms. The van der Waals surface area contributed by atoms with Gasteiger partial charge in [-0.1, -0.05) is 20.8 Å². The van der Waals surface area contributed by atoms with Gasteiger partial charge in [0.15, 0.2) is 0 Å². The summed E-state index contributed by atoms with van der Waals surface area (Å²) in [5, 5.41) is 3.70. The van der Waals surface area contributed by atoms with Crippen LogP contribution < -0.4 is 11.1 Å². The maximum atomic E-state index is 11.4. The Labute approximate surface area is 97.6 Å². The second-order valence-corrected chi connectivity index (χ2v) is 5.81. The third-order valence-electron chi connectivity index (χ3n) is 2.46. The Morgan fingerprint density at radius 3 is 2.53 bits per heavy atom. The third-order valence-corrected chi connectivity index (χ3v) is 3.52. The minimum atomic E-state index is -0.558. The van der Waals surface area contributed by atoms with Gasteiger partial charge < -0.3 is 11.1 Å². The Morgan fingerprint density at radius 2 is 2.13 bits per heavy atom. The molecule has 0 aromatic rings. The van der Waals surface area contributed by atoms with Crippen LogP contribution in [-0.4, -0.2) is 29.0 Å². The molecule has 0 aromatic heterocycles.